The van der Waals surface area contributed by atoms with Gasteiger partial charge in [-0.15, -0.1) is 0 Å². The van der Waals surface area contributed by atoms with Gasteiger partial charge in [-0.05, 0) is 54.7 Å². The number of phenolic OH excluding ortho intramolecular Hbond substituents is 2. The summed E-state index contributed by atoms with van der Waals surface area (Å²) in [5.74, 6) is 0.973. The average molecular weight is 258 g/mol. The van der Waals surface area contributed by atoms with Crippen LogP contribution in [-0.4, -0.2) is 17.3 Å². The van der Waals surface area contributed by atoms with Gasteiger partial charge in [0.1, 0.15) is 5.75 Å². The molecule has 0 heterocycles. The number of ether oxygens (including phenoxy) is 1. The number of hydrogen-bond donors (Lipinski definition) is 2. The number of rotatable bonds is 3. The molecule has 2 aromatic rings. The van der Waals surface area contributed by atoms with Crippen molar-refractivity contribution < 1.29 is 14.9 Å². The van der Waals surface area contributed by atoms with Crippen LogP contribution in [0.1, 0.15) is 22.3 Å². The molecule has 0 unspecified atom stereocenters. The van der Waals surface area contributed by atoms with Crippen LogP contribution in [0.4, 0.5) is 0 Å². The van der Waals surface area contributed by atoms with E-state index in [0.29, 0.717) is 11.5 Å². The summed E-state index contributed by atoms with van der Waals surface area (Å²) in [4.78, 5) is 0. The van der Waals surface area contributed by atoms with Gasteiger partial charge in [-0.25, -0.2) is 0 Å². The van der Waals surface area contributed by atoms with Crippen LogP contribution in [0.15, 0.2) is 30.3 Å². The second-order valence-electron chi connectivity index (χ2n) is 4.76. The summed E-state index contributed by atoms with van der Waals surface area (Å²) >= 11 is 0. The van der Waals surface area contributed by atoms with E-state index in [1.54, 1.807) is 6.07 Å². The highest BCUT2D eigenvalue weighted by molar-refractivity contribution is 5.46. The van der Waals surface area contributed by atoms with E-state index in [1.165, 1.54) is 7.11 Å². The van der Waals surface area contributed by atoms with E-state index < -0.39 is 0 Å². The largest absolute Gasteiger partial charge is 0.507 e. The summed E-state index contributed by atoms with van der Waals surface area (Å²) in [6.07, 6.45) is 0.735. The first-order valence-corrected chi connectivity index (χ1v) is 6.16. The van der Waals surface area contributed by atoms with Crippen molar-refractivity contribution >= 4 is 0 Å². The minimum absolute atomic E-state index is 0.143. The summed E-state index contributed by atoms with van der Waals surface area (Å²) in [6.45, 7) is 3.78. The summed E-state index contributed by atoms with van der Waals surface area (Å²) in [5, 5.41) is 19.3. The minimum atomic E-state index is 0.143. The van der Waals surface area contributed by atoms with Crippen LogP contribution in [0, 0.1) is 13.8 Å². The number of aryl methyl sites for hydroxylation is 2. The molecule has 0 aliphatic carbocycles. The molecule has 0 aliphatic rings. The van der Waals surface area contributed by atoms with Gasteiger partial charge in [0.15, 0.2) is 11.5 Å². The molecule has 0 aromatic heterocycles. The minimum Gasteiger partial charge on any atom is -0.507 e. The second kappa shape index (κ2) is 5.22. The molecule has 2 rings (SSSR count). The monoisotopic (exact) mass is 258 g/mol. The molecule has 0 atom stereocenters. The normalized spacial score (nSPS) is 10.5. The lowest BCUT2D eigenvalue weighted by Crippen LogP contribution is -1.93. The topological polar surface area (TPSA) is 49.7 Å². The van der Waals surface area contributed by atoms with Crippen LogP contribution in [0.3, 0.4) is 0 Å². The Bertz CT molecular complexity index is 580. The number of methoxy groups -OCH3 is 1. The van der Waals surface area contributed by atoms with Gasteiger partial charge in [-0.1, -0.05) is 18.2 Å². The maximum atomic E-state index is 9.76. The SMILES string of the molecule is COc1cc(Cc2cc(C)c(O)c(C)c2)ccc1O. The van der Waals surface area contributed by atoms with Crippen LogP contribution >= 0.6 is 0 Å². The van der Waals surface area contributed by atoms with Crippen LogP contribution in [0.2, 0.25) is 0 Å². The molecule has 2 aromatic carbocycles. The smallest absolute Gasteiger partial charge is 0.160 e. The Kier molecular flexibility index (Phi) is 3.65. The molecule has 0 aliphatic heterocycles. The maximum Gasteiger partial charge on any atom is 0.160 e. The first-order chi connectivity index (χ1) is 9.01. The third-order valence-electron chi connectivity index (χ3n) is 3.20. The molecule has 0 saturated heterocycles. The molecule has 3 heteroatoms. The summed E-state index contributed by atoms with van der Waals surface area (Å²) in [5.41, 5.74) is 3.93. The van der Waals surface area contributed by atoms with Crippen LogP contribution < -0.4 is 4.74 Å². The lowest BCUT2D eigenvalue weighted by atomic mass is 9.99. The van der Waals surface area contributed by atoms with E-state index >= 15 is 0 Å². The molecule has 0 fully saturated rings. The molecular weight excluding hydrogens is 240 g/mol. The highest BCUT2D eigenvalue weighted by Gasteiger charge is 2.06. The molecule has 0 amide bonds. The van der Waals surface area contributed by atoms with E-state index in [-0.39, 0.29) is 5.75 Å². The first kappa shape index (κ1) is 13.3. The van der Waals surface area contributed by atoms with Crippen molar-refractivity contribution in [2.75, 3.05) is 7.11 Å². The van der Waals surface area contributed by atoms with Gasteiger partial charge < -0.3 is 14.9 Å². The zero-order valence-corrected chi connectivity index (χ0v) is 11.4. The second-order valence-corrected chi connectivity index (χ2v) is 4.76. The molecule has 0 bridgehead atoms. The van der Waals surface area contributed by atoms with Gasteiger partial charge in [0.2, 0.25) is 0 Å². The molecule has 100 valence electrons. The van der Waals surface area contributed by atoms with E-state index in [2.05, 4.69) is 0 Å². The lowest BCUT2D eigenvalue weighted by Gasteiger charge is -2.10. The number of aromatic hydroxyl groups is 2. The van der Waals surface area contributed by atoms with Crippen LogP contribution in [0.5, 0.6) is 17.2 Å². The number of hydrogen-bond acceptors (Lipinski definition) is 3. The molecular formula is C16H18O3. The number of phenols is 2. The van der Waals surface area contributed by atoms with Crippen molar-refractivity contribution in [1.29, 1.82) is 0 Å². The van der Waals surface area contributed by atoms with Crippen LogP contribution in [-0.2, 0) is 6.42 Å². The first-order valence-electron chi connectivity index (χ1n) is 6.16. The van der Waals surface area contributed by atoms with Crippen molar-refractivity contribution in [1.82, 2.24) is 0 Å². The standard InChI is InChI=1S/C16H18O3/c1-10-6-13(7-11(2)16(10)18)8-12-4-5-14(17)15(9-12)19-3/h4-7,9,17-18H,8H2,1-3H3. The van der Waals surface area contributed by atoms with Gasteiger partial charge in [0, 0.05) is 0 Å². The molecule has 0 radical (unpaired) electrons. The quantitative estimate of drug-likeness (QED) is 0.888. The zero-order valence-electron chi connectivity index (χ0n) is 11.4. The summed E-state index contributed by atoms with van der Waals surface area (Å²) < 4.78 is 5.10. The summed E-state index contributed by atoms with van der Waals surface area (Å²) in [7, 11) is 1.54. The van der Waals surface area contributed by atoms with Gasteiger partial charge in [0.25, 0.3) is 0 Å². The van der Waals surface area contributed by atoms with Gasteiger partial charge in [-0.2, -0.15) is 0 Å². The fourth-order valence-electron chi connectivity index (χ4n) is 2.22. The molecule has 0 saturated carbocycles. The van der Waals surface area contributed by atoms with Crippen molar-refractivity contribution in [3.8, 4) is 17.2 Å². The van der Waals surface area contributed by atoms with E-state index in [9.17, 15) is 10.2 Å². The Morgan fingerprint density at radius 3 is 2.16 bits per heavy atom. The number of benzene rings is 2. The van der Waals surface area contributed by atoms with Gasteiger partial charge in [-0.3, -0.25) is 0 Å². The van der Waals surface area contributed by atoms with Crippen molar-refractivity contribution in [2.45, 2.75) is 20.3 Å². The Labute approximate surface area is 113 Å². The van der Waals surface area contributed by atoms with Crippen molar-refractivity contribution in [3.63, 3.8) is 0 Å². The van der Waals surface area contributed by atoms with E-state index in [1.807, 2.05) is 38.1 Å². The third kappa shape index (κ3) is 2.81. The van der Waals surface area contributed by atoms with Gasteiger partial charge in [0.05, 0.1) is 7.11 Å². The van der Waals surface area contributed by atoms with Crippen molar-refractivity contribution in [2.24, 2.45) is 0 Å². The lowest BCUT2D eigenvalue weighted by molar-refractivity contribution is 0.373. The molecule has 3 nitrogen and oxygen atoms in total. The fourth-order valence-corrected chi connectivity index (χ4v) is 2.22. The van der Waals surface area contributed by atoms with E-state index in [0.717, 1.165) is 28.7 Å². The Morgan fingerprint density at radius 2 is 1.58 bits per heavy atom. The Morgan fingerprint density at radius 1 is 0.947 bits per heavy atom. The van der Waals surface area contributed by atoms with E-state index in [4.69, 9.17) is 4.74 Å². The zero-order chi connectivity index (χ0) is 14.0. The summed E-state index contributed by atoms with van der Waals surface area (Å²) in [6, 6.07) is 9.28. The average Bonchev–Trinajstić information content (AvgIpc) is 2.38. The maximum absolute atomic E-state index is 9.76. The highest BCUT2D eigenvalue weighted by Crippen LogP contribution is 2.29. The Balaban J connectivity index is 2.31. The predicted molar refractivity (Wildman–Crippen MR) is 75.0 cm³/mol. The highest BCUT2D eigenvalue weighted by atomic mass is 16.5. The fraction of sp³-hybridized carbons (Fsp3) is 0.250. The predicted octanol–water partition coefficient (Wildman–Crippen LogP) is 3.31. The molecule has 19 heavy (non-hydrogen) atoms. The van der Waals surface area contributed by atoms with Crippen LogP contribution in [0.25, 0.3) is 0 Å². The molecule has 0 spiro atoms. The van der Waals surface area contributed by atoms with Gasteiger partial charge >= 0.3 is 0 Å². The molecule has 2 N–H and O–H groups in total. The third-order valence-corrected chi connectivity index (χ3v) is 3.20. The van der Waals surface area contributed by atoms with Crippen molar-refractivity contribution in [3.05, 3.63) is 52.6 Å². The Hall–Kier alpha value is -2.16.